The van der Waals surface area contributed by atoms with Crippen molar-refractivity contribution in [2.24, 2.45) is 0 Å². The van der Waals surface area contributed by atoms with Crippen LogP contribution in [0.15, 0.2) is 0 Å². The van der Waals surface area contributed by atoms with Crippen LogP contribution in [0.2, 0.25) is 0 Å². The van der Waals surface area contributed by atoms with E-state index in [9.17, 15) is 20.4 Å². The van der Waals surface area contributed by atoms with Gasteiger partial charge >= 0.3 is 0 Å². The first-order valence-corrected chi connectivity index (χ1v) is 5.01. The van der Waals surface area contributed by atoms with Gasteiger partial charge in [-0.25, -0.2) is 0 Å². The molecule has 5 atom stereocenters. The van der Waals surface area contributed by atoms with E-state index in [4.69, 9.17) is 9.84 Å². The average Bonchev–Trinajstić information content (AvgIpc) is 2.43. The molecule has 1 aliphatic rings. The Morgan fingerprint density at radius 2 is 2.00 bits per heavy atom. The Kier molecular flexibility index (Phi) is 4.05. The van der Waals surface area contributed by atoms with Crippen LogP contribution in [0.25, 0.3) is 0 Å². The summed E-state index contributed by atoms with van der Waals surface area (Å²) in [5.41, 5.74) is 0. The van der Waals surface area contributed by atoms with Gasteiger partial charge in [0.25, 0.3) is 0 Å². The van der Waals surface area contributed by atoms with Gasteiger partial charge in [0.2, 0.25) is 0 Å². The first-order chi connectivity index (χ1) is 6.96. The molecule has 1 aliphatic heterocycles. The van der Waals surface area contributed by atoms with E-state index in [0.717, 1.165) is 0 Å². The van der Waals surface area contributed by atoms with E-state index < -0.39 is 36.8 Å². The summed E-state index contributed by atoms with van der Waals surface area (Å²) in [5.74, 6) is -1.84. The van der Waals surface area contributed by atoms with Gasteiger partial charge in [-0.2, -0.15) is 0 Å². The van der Waals surface area contributed by atoms with Crippen molar-refractivity contribution in [3.8, 4) is 0 Å². The zero-order valence-corrected chi connectivity index (χ0v) is 8.58. The first-order valence-electron chi connectivity index (χ1n) is 5.01. The molecule has 0 amide bonds. The van der Waals surface area contributed by atoms with Crippen molar-refractivity contribution in [3.05, 3.63) is 0 Å². The number of ether oxygens (including phenoxy) is 1. The van der Waals surface area contributed by atoms with E-state index in [2.05, 4.69) is 0 Å². The maximum atomic E-state index is 9.82. The van der Waals surface area contributed by atoms with Crippen molar-refractivity contribution in [2.45, 2.75) is 50.0 Å². The summed E-state index contributed by atoms with van der Waals surface area (Å²) >= 11 is 0. The lowest BCUT2D eigenvalue weighted by Crippen LogP contribution is -2.43. The first kappa shape index (κ1) is 12.8. The van der Waals surface area contributed by atoms with E-state index in [-0.39, 0.29) is 6.42 Å². The minimum absolute atomic E-state index is 0.153. The van der Waals surface area contributed by atoms with E-state index in [0.29, 0.717) is 6.42 Å². The van der Waals surface area contributed by atoms with E-state index in [1.165, 1.54) is 0 Å². The molecule has 0 radical (unpaired) electrons. The summed E-state index contributed by atoms with van der Waals surface area (Å²) in [6.07, 6.45) is -4.64. The van der Waals surface area contributed by atoms with E-state index in [1.54, 1.807) is 6.92 Å². The van der Waals surface area contributed by atoms with Crippen LogP contribution >= 0.6 is 0 Å². The topological polar surface area (TPSA) is 110 Å². The summed E-state index contributed by atoms with van der Waals surface area (Å²) in [6.45, 7) is 1.19. The Balaban J connectivity index is 2.74. The fourth-order valence-corrected chi connectivity index (χ4v) is 1.80. The van der Waals surface area contributed by atoms with Crippen LogP contribution in [-0.2, 0) is 4.74 Å². The molecule has 90 valence electrons. The largest absolute Gasteiger partial charge is 0.394 e. The van der Waals surface area contributed by atoms with Crippen molar-refractivity contribution in [1.29, 1.82) is 0 Å². The van der Waals surface area contributed by atoms with Crippen molar-refractivity contribution < 1.29 is 30.3 Å². The number of aliphatic hydroxyl groups excluding tert-OH is 4. The Bertz CT molecular complexity index is 211. The average molecular weight is 222 g/mol. The van der Waals surface area contributed by atoms with Crippen LogP contribution in [0.4, 0.5) is 0 Å². The number of hydrogen-bond donors (Lipinski definition) is 5. The minimum atomic E-state index is -1.84. The van der Waals surface area contributed by atoms with Crippen LogP contribution in [0, 0.1) is 0 Å². The Hall–Kier alpha value is -0.240. The second-order valence-corrected chi connectivity index (χ2v) is 3.86. The maximum Gasteiger partial charge on any atom is 0.195 e. The molecule has 0 spiro atoms. The van der Waals surface area contributed by atoms with Crippen molar-refractivity contribution >= 4 is 0 Å². The molecule has 6 heteroatoms. The highest BCUT2D eigenvalue weighted by Crippen LogP contribution is 2.34. The molecule has 1 saturated heterocycles. The van der Waals surface area contributed by atoms with Crippen LogP contribution in [0.5, 0.6) is 0 Å². The molecule has 0 aromatic rings. The van der Waals surface area contributed by atoms with E-state index in [1.807, 2.05) is 0 Å². The Morgan fingerprint density at radius 3 is 2.47 bits per heavy atom. The molecule has 0 bridgehead atoms. The molecule has 0 aliphatic carbocycles. The quantitative estimate of drug-likeness (QED) is 0.374. The fourth-order valence-electron chi connectivity index (χ4n) is 1.80. The lowest BCUT2D eigenvalue weighted by Gasteiger charge is -2.25. The SMILES string of the molecule is CCCC1(O)O[C@H]([C@H](O)CO)[C@H](O)[C@H]1O. The van der Waals surface area contributed by atoms with Gasteiger partial charge in [-0.3, -0.25) is 0 Å². The second kappa shape index (κ2) is 4.73. The van der Waals surface area contributed by atoms with Gasteiger partial charge in [0.15, 0.2) is 5.79 Å². The molecule has 1 heterocycles. The fraction of sp³-hybridized carbons (Fsp3) is 1.00. The number of aliphatic hydroxyl groups is 5. The zero-order chi connectivity index (χ0) is 11.6. The van der Waals surface area contributed by atoms with Gasteiger partial charge in [-0.15, -0.1) is 0 Å². The second-order valence-electron chi connectivity index (χ2n) is 3.86. The molecule has 1 unspecified atom stereocenters. The molecular formula is C9H18O6. The third-order valence-electron chi connectivity index (χ3n) is 2.64. The number of hydrogen-bond acceptors (Lipinski definition) is 6. The summed E-state index contributed by atoms with van der Waals surface area (Å²) in [6, 6.07) is 0. The Morgan fingerprint density at radius 1 is 1.40 bits per heavy atom. The van der Waals surface area contributed by atoms with Gasteiger partial charge in [0, 0.05) is 6.42 Å². The molecule has 15 heavy (non-hydrogen) atoms. The van der Waals surface area contributed by atoms with Gasteiger partial charge in [-0.05, 0) is 0 Å². The highest BCUT2D eigenvalue weighted by molar-refractivity contribution is 4.97. The highest BCUT2D eigenvalue weighted by atomic mass is 16.7. The van der Waals surface area contributed by atoms with Crippen LogP contribution in [0.3, 0.4) is 0 Å². The monoisotopic (exact) mass is 222 g/mol. The summed E-state index contributed by atoms with van der Waals surface area (Å²) in [5, 5.41) is 46.9. The molecule has 6 nitrogen and oxygen atoms in total. The predicted octanol–water partition coefficient (Wildman–Crippen LogP) is -2.05. The minimum Gasteiger partial charge on any atom is -0.394 e. The lowest BCUT2D eigenvalue weighted by molar-refractivity contribution is -0.241. The summed E-state index contributed by atoms with van der Waals surface area (Å²) in [4.78, 5) is 0. The molecule has 5 N–H and O–H groups in total. The van der Waals surface area contributed by atoms with Crippen LogP contribution in [0.1, 0.15) is 19.8 Å². The normalized spacial score (nSPS) is 43.2. The molecule has 0 aromatic carbocycles. The molecule has 0 aromatic heterocycles. The third-order valence-corrected chi connectivity index (χ3v) is 2.64. The number of rotatable bonds is 4. The van der Waals surface area contributed by atoms with Gasteiger partial charge in [-0.1, -0.05) is 13.3 Å². The molecular weight excluding hydrogens is 204 g/mol. The van der Waals surface area contributed by atoms with Gasteiger partial charge in [0.05, 0.1) is 6.61 Å². The van der Waals surface area contributed by atoms with E-state index >= 15 is 0 Å². The molecule has 1 fully saturated rings. The standard InChI is InChI=1S/C9H18O6/c1-2-3-9(14)8(13)6(12)7(15-9)5(11)4-10/h5-8,10-14H,2-4H2,1H3/t5-,6+,7-,8-,9?/m1/s1. The highest BCUT2D eigenvalue weighted by Gasteiger charge is 2.54. The lowest BCUT2D eigenvalue weighted by atomic mass is 9.99. The van der Waals surface area contributed by atoms with Crippen molar-refractivity contribution in [3.63, 3.8) is 0 Å². The summed E-state index contributed by atoms with van der Waals surface area (Å²) < 4.78 is 5.01. The van der Waals surface area contributed by atoms with Crippen molar-refractivity contribution in [1.82, 2.24) is 0 Å². The predicted molar refractivity (Wildman–Crippen MR) is 49.8 cm³/mol. The van der Waals surface area contributed by atoms with Crippen LogP contribution in [-0.4, -0.2) is 62.3 Å². The molecule has 0 saturated carbocycles. The maximum absolute atomic E-state index is 9.82. The zero-order valence-electron chi connectivity index (χ0n) is 8.58. The van der Waals surface area contributed by atoms with Crippen LogP contribution < -0.4 is 0 Å². The van der Waals surface area contributed by atoms with Gasteiger partial charge < -0.3 is 30.3 Å². The molecule has 1 rings (SSSR count). The van der Waals surface area contributed by atoms with Gasteiger partial charge in [0.1, 0.15) is 24.4 Å². The summed E-state index contributed by atoms with van der Waals surface area (Å²) in [7, 11) is 0. The third kappa shape index (κ3) is 2.30. The Labute approximate surface area is 87.7 Å². The van der Waals surface area contributed by atoms with Crippen molar-refractivity contribution in [2.75, 3.05) is 6.61 Å². The smallest absolute Gasteiger partial charge is 0.195 e.